The van der Waals surface area contributed by atoms with Crippen molar-refractivity contribution < 1.29 is 33.9 Å². The number of thiol groups is 1. The number of hydrogen-bond acceptors (Lipinski definition) is 9. The molecule has 178 valence electrons. The molecule has 0 aromatic heterocycles. The highest BCUT2D eigenvalue weighted by Crippen LogP contribution is 1.88. The molecule has 0 saturated carbocycles. The van der Waals surface area contributed by atoms with E-state index >= 15 is 0 Å². The second kappa shape index (κ2) is 18.1. The molecule has 2 unspecified atom stereocenters. The van der Waals surface area contributed by atoms with E-state index in [1.54, 1.807) is 0 Å². The third-order valence-electron chi connectivity index (χ3n) is 3.20. The van der Waals surface area contributed by atoms with Crippen LogP contribution < -0.4 is 32.3 Å². The average Bonchev–Trinajstić information content (AvgIpc) is 2.77. The van der Waals surface area contributed by atoms with Crippen molar-refractivity contribution in [3.8, 4) is 0 Å². The minimum Gasteiger partial charge on any atom is -0.394 e. The van der Waals surface area contributed by atoms with E-state index in [0.29, 0.717) is 0 Å². The van der Waals surface area contributed by atoms with E-state index in [-0.39, 0.29) is 24.6 Å². The van der Waals surface area contributed by atoms with E-state index in [0.717, 1.165) is 0 Å². The Balaban J connectivity index is 0. The number of rotatable bonds is 13. The molecule has 2 atom stereocenters. The van der Waals surface area contributed by atoms with E-state index in [4.69, 9.17) is 5.73 Å². The molecular weight excluding hydrogens is 432 g/mol. The molecule has 0 aliphatic carbocycles. The topological polar surface area (TPSA) is 209 Å². The molecule has 14 heteroatoms. The van der Waals surface area contributed by atoms with Crippen LogP contribution in [-0.4, -0.2) is 91.0 Å². The van der Waals surface area contributed by atoms with Gasteiger partial charge in [-0.2, -0.15) is 12.6 Å². The fourth-order valence-electron chi connectivity index (χ4n) is 1.61. The molecule has 0 radical (unpaired) electrons. The molecule has 0 bridgehead atoms. The van der Waals surface area contributed by atoms with Gasteiger partial charge in [0.1, 0.15) is 11.8 Å². The van der Waals surface area contributed by atoms with Gasteiger partial charge in [-0.25, -0.2) is 0 Å². The van der Waals surface area contributed by atoms with Crippen molar-refractivity contribution >= 4 is 47.9 Å². The Morgan fingerprint density at radius 2 is 1.23 bits per heavy atom. The first-order valence-corrected chi connectivity index (χ1v) is 10.1. The minimum absolute atomic E-state index is 0.0362. The number of Topliss-reactive ketones (excluding diaryl/α,β-unsaturated/α-hetero) is 1. The molecule has 8 N–H and O–H groups in total. The lowest BCUT2D eigenvalue weighted by Gasteiger charge is -2.18. The number of nitrogens with one attached hydrogen (secondary N) is 5. The van der Waals surface area contributed by atoms with E-state index in [1.807, 2.05) is 13.8 Å². The van der Waals surface area contributed by atoms with Gasteiger partial charge < -0.3 is 37.4 Å². The summed E-state index contributed by atoms with van der Waals surface area (Å²) < 4.78 is 0. The molecule has 0 aromatic rings. The lowest BCUT2D eigenvalue weighted by atomic mass is 10.2. The maximum Gasteiger partial charge on any atom is 0.245 e. The molecule has 0 rings (SSSR count). The van der Waals surface area contributed by atoms with Crippen LogP contribution in [-0.2, 0) is 28.8 Å². The highest BCUT2D eigenvalue weighted by atomic mass is 32.1. The standard InChI is InChI=1S/C15H26N6O7S.C2H6/c1-8(23)2-17-11(24)3-18-12(25)4-19-13(26)5-20-15(28)10(6-22)21-14(27)9(16)7-29;1-2/h9-10,22,29H,2-7,16H2,1H3,(H,17,24)(H,18,25)(H,19,26)(H,20,28)(H,21,27);1-2H3. The number of amides is 5. The Kier molecular flexibility index (Phi) is 17.8. The van der Waals surface area contributed by atoms with Gasteiger partial charge in [-0.3, -0.25) is 28.8 Å². The van der Waals surface area contributed by atoms with Crippen molar-refractivity contribution in [2.24, 2.45) is 5.73 Å². The molecule has 0 spiro atoms. The van der Waals surface area contributed by atoms with Crippen molar-refractivity contribution in [1.82, 2.24) is 26.6 Å². The predicted octanol–water partition coefficient (Wildman–Crippen LogP) is -4.20. The molecule has 31 heavy (non-hydrogen) atoms. The molecule has 0 aromatic carbocycles. The van der Waals surface area contributed by atoms with Crippen LogP contribution in [0, 0.1) is 0 Å². The zero-order valence-corrected chi connectivity index (χ0v) is 18.7. The molecular formula is C17H32N6O7S. The predicted molar refractivity (Wildman–Crippen MR) is 115 cm³/mol. The van der Waals surface area contributed by atoms with Crippen LogP contribution >= 0.6 is 12.6 Å². The highest BCUT2D eigenvalue weighted by Gasteiger charge is 2.22. The van der Waals surface area contributed by atoms with Crippen LogP contribution in [0.1, 0.15) is 20.8 Å². The molecule has 5 amide bonds. The van der Waals surface area contributed by atoms with Crippen LogP contribution in [0.3, 0.4) is 0 Å². The van der Waals surface area contributed by atoms with Crippen molar-refractivity contribution in [1.29, 1.82) is 0 Å². The lowest BCUT2D eigenvalue weighted by molar-refractivity contribution is -0.131. The van der Waals surface area contributed by atoms with Crippen molar-refractivity contribution in [2.45, 2.75) is 32.9 Å². The first-order valence-electron chi connectivity index (χ1n) is 9.45. The number of aliphatic hydroxyl groups is 1. The summed E-state index contributed by atoms with van der Waals surface area (Å²) >= 11 is 3.84. The Bertz CT molecular complexity index is 632. The van der Waals surface area contributed by atoms with Crippen LogP contribution in [0.2, 0.25) is 0 Å². The summed E-state index contributed by atoms with van der Waals surface area (Å²) in [4.78, 5) is 68.7. The first-order chi connectivity index (χ1) is 14.6. The third kappa shape index (κ3) is 15.7. The van der Waals surface area contributed by atoms with Crippen molar-refractivity contribution in [2.75, 3.05) is 38.5 Å². The molecule has 13 nitrogen and oxygen atoms in total. The SMILES string of the molecule is CC.CC(=O)CNC(=O)CNC(=O)CNC(=O)CNC(=O)C(CO)NC(=O)C(N)CS. The zero-order chi connectivity index (χ0) is 24.4. The molecule has 0 aliphatic rings. The van der Waals surface area contributed by atoms with Gasteiger partial charge in [-0.05, 0) is 6.92 Å². The summed E-state index contributed by atoms with van der Waals surface area (Å²) in [6.45, 7) is 3.08. The van der Waals surface area contributed by atoms with E-state index < -0.39 is 61.3 Å². The Hall–Kier alpha value is -2.71. The highest BCUT2D eigenvalue weighted by molar-refractivity contribution is 7.80. The van der Waals surface area contributed by atoms with Gasteiger partial charge in [0.15, 0.2) is 0 Å². The van der Waals surface area contributed by atoms with Gasteiger partial charge in [0.05, 0.1) is 38.8 Å². The second-order valence-electron chi connectivity index (χ2n) is 5.78. The number of carbonyl (C=O) groups excluding carboxylic acids is 6. The van der Waals surface area contributed by atoms with E-state index in [2.05, 4.69) is 39.2 Å². The van der Waals surface area contributed by atoms with Crippen molar-refractivity contribution in [3.05, 3.63) is 0 Å². The Morgan fingerprint density at radius 3 is 1.61 bits per heavy atom. The number of ketones is 1. The van der Waals surface area contributed by atoms with Crippen LogP contribution in [0.4, 0.5) is 0 Å². The number of carbonyl (C=O) groups is 6. The molecule has 0 saturated heterocycles. The van der Waals surface area contributed by atoms with Crippen LogP contribution in [0.25, 0.3) is 0 Å². The van der Waals surface area contributed by atoms with Gasteiger partial charge in [-0.1, -0.05) is 13.8 Å². The quantitative estimate of drug-likeness (QED) is 0.125. The number of nitrogens with two attached hydrogens (primary N) is 1. The smallest absolute Gasteiger partial charge is 0.245 e. The number of hydrogen-bond donors (Lipinski definition) is 8. The fourth-order valence-corrected chi connectivity index (χ4v) is 1.78. The largest absolute Gasteiger partial charge is 0.394 e. The normalized spacial score (nSPS) is 11.5. The van der Waals surface area contributed by atoms with Gasteiger partial charge >= 0.3 is 0 Å². The van der Waals surface area contributed by atoms with Crippen LogP contribution in [0.5, 0.6) is 0 Å². The van der Waals surface area contributed by atoms with Gasteiger partial charge in [0.25, 0.3) is 0 Å². The zero-order valence-electron chi connectivity index (χ0n) is 17.8. The Morgan fingerprint density at radius 1 is 0.806 bits per heavy atom. The van der Waals surface area contributed by atoms with Gasteiger partial charge in [0.2, 0.25) is 29.5 Å². The molecule has 0 heterocycles. The van der Waals surface area contributed by atoms with E-state index in [1.165, 1.54) is 6.92 Å². The minimum atomic E-state index is -1.31. The van der Waals surface area contributed by atoms with Crippen LogP contribution in [0.15, 0.2) is 0 Å². The average molecular weight is 465 g/mol. The second-order valence-corrected chi connectivity index (χ2v) is 6.15. The summed E-state index contributed by atoms with van der Waals surface area (Å²) in [7, 11) is 0. The Labute approximate surface area is 186 Å². The summed E-state index contributed by atoms with van der Waals surface area (Å²) in [5, 5.41) is 20.3. The van der Waals surface area contributed by atoms with Gasteiger partial charge in [-0.15, -0.1) is 0 Å². The fraction of sp³-hybridized carbons (Fsp3) is 0.647. The summed E-state index contributed by atoms with van der Waals surface area (Å²) in [5.74, 6) is -3.67. The summed E-state index contributed by atoms with van der Waals surface area (Å²) in [6.07, 6.45) is 0. The maximum absolute atomic E-state index is 11.9. The lowest BCUT2D eigenvalue weighted by Crippen LogP contribution is -2.54. The first kappa shape index (κ1) is 30.5. The van der Waals surface area contributed by atoms with Crippen molar-refractivity contribution in [3.63, 3.8) is 0 Å². The monoisotopic (exact) mass is 464 g/mol. The molecule has 0 aliphatic heterocycles. The maximum atomic E-state index is 11.9. The van der Waals surface area contributed by atoms with Gasteiger partial charge in [0, 0.05) is 5.75 Å². The summed E-state index contributed by atoms with van der Waals surface area (Å²) in [6, 6.07) is -2.27. The van der Waals surface area contributed by atoms with E-state index in [9.17, 15) is 33.9 Å². The number of aliphatic hydroxyl groups excluding tert-OH is 1. The molecule has 0 fully saturated rings. The third-order valence-corrected chi connectivity index (χ3v) is 3.59. The summed E-state index contributed by atoms with van der Waals surface area (Å²) in [5.41, 5.74) is 5.44.